The zero-order valence-corrected chi connectivity index (χ0v) is 14.9. The lowest BCUT2D eigenvalue weighted by Crippen LogP contribution is -2.24. The van der Waals surface area contributed by atoms with E-state index < -0.39 is 0 Å². The van der Waals surface area contributed by atoms with Gasteiger partial charge in [-0.05, 0) is 49.2 Å². The highest BCUT2D eigenvalue weighted by atomic mass is 16.5. The number of benzene rings is 2. The molecular formula is C20H28N2O2. The van der Waals surface area contributed by atoms with Gasteiger partial charge in [-0.3, -0.25) is 4.90 Å². The Morgan fingerprint density at radius 3 is 2.38 bits per heavy atom. The van der Waals surface area contributed by atoms with E-state index in [0.29, 0.717) is 17.2 Å². The summed E-state index contributed by atoms with van der Waals surface area (Å²) >= 11 is 0. The van der Waals surface area contributed by atoms with Crippen molar-refractivity contribution in [2.45, 2.75) is 26.3 Å². The lowest BCUT2D eigenvalue weighted by molar-refractivity contribution is 0.276. The summed E-state index contributed by atoms with van der Waals surface area (Å²) < 4.78 is 10.7. The number of hydrogen-bond donors (Lipinski definition) is 1. The second-order valence-corrected chi connectivity index (χ2v) is 5.88. The van der Waals surface area contributed by atoms with Gasteiger partial charge in [-0.15, -0.1) is 0 Å². The number of methoxy groups -OCH3 is 2. The highest BCUT2D eigenvalue weighted by Gasteiger charge is 2.10. The van der Waals surface area contributed by atoms with Gasteiger partial charge >= 0.3 is 0 Å². The monoisotopic (exact) mass is 328 g/mol. The second-order valence-electron chi connectivity index (χ2n) is 5.88. The number of anilines is 1. The van der Waals surface area contributed by atoms with E-state index in [2.05, 4.69) is 42.2 Å². The van der Waals surface area contributed by atoms with Crippen LogP contribution in [0.1, 0.15) is 24.5 Å². The molecule has 130 valence electrons. The molecule has 2 aromatic carbocycles. The molecule has 0 aliphatic rings. The van der Waals surface area contributed by atoms with Crippen LogP contribution in [0.5, 0.6) is 11.5 Å². The first-order valence-corrected chi connectivity index (χ1v) is 8.44. The van der Waals surface area contributed by atoms with Crippen molar-refractivity contribution in [3.63, 3.8) is 0 Å². The molecule has 0 amide bonds. The minimum Gasteiger partial charge on any atom is -0.493 e. The van der Waals surface area contributed by atoms with Gasteiger partial charge in [0.25, 0.3) is 0 Å². The third kappa shape index (κ3) is 4.90. The summed E-state index contributed by atoms with van der Waals surface area (Å²) in [4.78, 5) is 2.46. The van der Waals surface area contributed by atoms with E-state index in [1.165, 1.54) is 11.1 Å². The summed E-state index contributed by atoms with van der Waals surface area (Å²) in [5, 5.41) is 0. The standard InChI is InChI=1S/C20H28N2O2/c1-4-22(15-16-9-6-5-7-10-16)12-8-11-17-13-18(21)20(24-3)19(14-17)23-2/h5-7,9-10,13-14H,4,8,11-12,15,21H2,1-3H3. The number of hydrogen-bond acceptors (Lipinski definition) is 4. The fourth-order valence-electron chi connectivity index (χ4n) is 2.89. The maximum Gasteiger partial charge on any atom is 0.183 e. The van der Waals surface area contributed by atoms with Crippen molar-refractivity contribution in [1.82, 2.24) is 4.90 Å². The first-order valence-electron chi connectivity index (χ1n) is 8.44. The molecule has 2 rings (SSSR count). The van der Waals surface area contributed by atoms with E-state index >= 15 is 0 Å². The molecule has 2 aromatic rings. The van der Waals surface area contributed by atoms with Gasteiger partial charge in [0.1, 0.15) is 0 Å². The summed E-state index contributed by atoms with van der Waals surface area (Å²) in [5.41, 5.74) is 9.22. The van der Waals surface area contributed by atoms with Crippen LogP contribution < -0.4 is 15.2 Å². The fraction of sp³-hybridized carbons (Fsp3) is 0.400. The Hall–Kier alpha value is -2.20. The molecule has 4 nitrogen and oxygen atoms in total. The number of nitrogens with zero attached hydrogens (tertiary/aromatic N) is 1. The number of rotatable bonds is 9. The van der Waals surface area contributed by atoms with E-state index in [1.54, 1.807) is 14.2 Å². The summed E-state index contributed by atoms with van der Waals surface area (Å²) in [6.07, 6.45) is 2.05. The lowest BCUT2D eigenvalue weighted by atomic mass is 10.1. The SMILES string of the molecule is CCN(CCCc1cc(N)c(OC)c(OC)c1)Cc1ccccc1. The number of nitrogen functional groups attached to an aromatic ring is 1. The molecule has 0 bridgehead atoms. The summed E-state index contributed by atoms with van der Waals surface area (Å²) in [5.74, 6) is 1.31. The van der Waals surface area contributed by atoms with Crippen molar-refractivity contribution < 1.29 is 9.47 Å². The van der Waals surface area contributed by atoms with Crippen LogP contribution in [0.15, 0.2) is 42.5 Å². The summed E-state index contributed by atoms with van der Waals surface area (Å²) in [7, 11) is 3.25. The van der Waals surface area contributed by atoms with Crippen LogP contribution in [0, 0.1) is 0 Å². The van der Waals surface area contributed by atoms with Crippen LogP contribution in [0.4, 0.5) is 5.69 Å². The third-order valence-electron chi connectivity index (χ3n) is 4.20. The Morgan fingerprint density at radius 1 is 1.00 bits per heavy atom. The van der Waals surface area contributed by atoms with Crippen LogP contribution in [0.3, 0.4) is 0 Å². The molecule has 24 heavy (non-hydrogen) atoms. The number of aryl methyl sites for hydroxylation is 1. The minimum atomic E-state index is 0.612. The van der Waals surface area contributed by atoms with Gasteiger partial charge in [-0.1, -0.05) is 37.3 Å². The summed E-state index contributed by atoms with van der Waals surface area (Å²) in [6.45, 7) is 5.30. The average molecular weight is 328 g/mol. The molecule has 0 heterocycles. The van der Waals surface area contributed by atoms with Crippen molar-refractivity contribution in [2.75, 3.05) is 33.0 Å². The first kappa shape index (κ1) is 18.1. The molecule has 0 radical (unpaired) electrons. The predicted molar refractivity (Wildman–Crippen MR) is 99.7 cm³/mol. The van der Waals surface area contributed by atoms with Crippen molar-refractivity contribution in [1.29, 1.82) is 0 Å². The Balaban J connectivity index is 1.91. The Labute approximate surface area is 145 Å². The molecule has 2 N–H and O–H groups in total. The first-order chi connectivity index (χ1) is 11.7. The van der Waals surface area contributed by atoms with Crippen LogP contribution >= 0.6 is 0 Å². The van der Waals surface area contributed by atoms with Crippen LogP contribution in [-0.4, -0.2) is 32.2 Å². The quantitative estimate of drug-likeness (QED) is 0.712. The molecule has 0 aromatic heterocycles. The maximum absolute atomic E-state index is 6.05. The van der Waals surface area contributed by atoms with E-state index in [1.807, 2.05) is 12.1 Å². The van der Waals surface area contributed by atoms with Gasteiger partial charge in [0.2, 0.25) is 0 Å². The molecule has 0 aliphatic carbocycles. The third-order valence-corrected chi connectivity index (χ3v) is 4.20. The number of nitrogens with two attached hydrogens (primary N) is 1. The molecule has 0 unspecified atom stereocenters. The summed E-state index contributed by atoms with van der Waals surface area (Å²) in [6, 6.07) is 14.6. The van der Waals surface area contributed by atoms with Gasteiger partial charge in [0.05, 0.1) is 19.9 Å². The molecule has 0 saturated heterocycles. The van der Waals surface area contributed by atoms with Gasteiger partial charge in [-0.25, -0.2) is 0 Å². The topological polar surface area (TPSA) is 47.7 Å². The average Bonchev–Trinajstić information content (AvgIpc) is 2.61. The van der Waals surface area contributed by atoms with E-state index in [9.17, 15) is 0 Å². The van der Waals surface area contributed by atoms with E-state index in [0.717, 1.165) is 32.5 Å². The van der Waals surface area contributed by atoms with E-state index in [4.69, 9.17) is 15.2 Å². The molecule has 0 fully saturated rings. The van der Waals surface area contributed by atoms with Gasteiger partial charge in [0.15, 0.2) is 11.5 Å². The van der Waals surface area contributed by atoms with Crippen LogP contribution in [-0.2, 0) is 13.0 Å². The van der Waals surface area contributed by atoms with Crippen LogP contribution in [0.2, 0.25) is 0 Å². The molecule has 4 heteroatoms. The number of ether oxygens (including phenoxy) is 2. The predicted octanol–water partition coefficient (Wildman–Crippen LogP) is 3.74. The van der Waals surface area contributed by atoms with Gasteiger partial charge < -0.3 is 15.2 Å². The second kappa shape index (κ2) is 9.18. The van der Waals surface area contributed by atoms with Crippen molar-refractivity contribution >= 4 is 5.69 Å². The van der Waals surface area contributed by atoms with Crippen LogP contribution in [0.25, 0.3) is 0 Å². The zero-order chi connectivity index (χ0) is 17.4. The van der Waals surface area contributed by atoms with Gasteiger partial charge in [0, 0.05) is 6.54 Å². The smallest absolute Gasteiger partial charge is 0.183 e. The Kier molecular flexibility index (Phi) is 6.94. The highest BCUT2D eigenvalue weighted by Crippen LogP contribution is 2.34. The normalized spacial score (nSPS) is 10.8. The highest BCUT2D eigenvalue weighted by molar-refractivity contribution is 5.62. The molecule has 0 saturated carbocycles. The fourth-order valence-corrected chi connectivity index (χ4v) is 2.89. The molecular weight excluding hydrogens is 300 g/mol. The maximum atomic E-state index is 6.05. The minimum absolute atomic E-state index is 0.612. The van der Waals surface area contributed by atoms with Gasteiger partial charge in [-0.2, -0.15) is 0 Å². The molecule has 0 atom stereocenters. The Bertz CT molecular complexity index is 629. The zero-order valence-electron chi connectivity index (χ0n) is 14.9. The molecule has 0 spiro atoms. The van der Waals surface area contributed by atoms with E-state index in [-0.39, 0.29) is 0 Å². The Morgan fingerprint density at radius 2 is 1.75 bits per heavy atom. The van der Waals surface area contributed by atoms with Crippen molar-refractivity contribution in [3.8, 4) is 11.5 Å². The molecule has 0 aliphatic heterocycles. The van der Waals surface area contributed by atoms with Crippen molar-refractivity contribution in [2.24, 2.45) is 0 Å². The van der Waals surface area contributed by atoms with Crippen molar-refractivity contribution in [3.05, 3.63) is 53.6 Å². The largest absolute Gasteiger partial charge is 0.493 e. The lowest BCUT2D eigenvalue weighted by Gasteiger charge is -2.20.